The molecule has 0 radical (unpaired) electrons. The minimum atomic E-state index is -0.367. The van der Waals surface area contributed by atoms with Crippen molar-refractivity contribution in [2.24, 2.45) is 0 Å². The van der Waals surface area contributed by atoms with Crippen LogP contribution in [0.15, 0.2) is 210 Å². The van der Waals surface area contributed by atoms with E-state index >= 15 is 0 Å². The van der Waals surface area contributed by atoms with Crippen molar-refractivity contribution in [2.75, 3.05) is 9.80 Å². The molecule has 83 heavy (non-hydrogen) atoms. The molecular formula is C77H69BN2O2S. The molecule has 5 aliphatic heterocycles. The molecule has 5 heterocycles. The lowest BCUT2D eigenvalue weighted by Gasteiger charge is -2.44. The summed E-state index contributed by atoms with van der Waals surface area (Å²) in [6.07, 6.45) is 0. The standard InChI is InChI=1S/C77H69BN2O2S/c1-73(2,3)49-33-30-46(31-34-49)52-41-50(74(4,5)6)35-37-61(52)80-64-42-57-68(81-66-28-20-17-25-54(66)76(57,9)10)44-59(64)78-60-45-69-58(77(11,12)55-26-18-21-29-67(55)82-69)43-70(60)83-71-40-48(39-65(80)72(71)78)47-32-36-63-56(38-47)75(7,8)53-24-16-19-27-62(53)79(63)51-22-14-13-15-23-51/h13-45H,1-12H3. The van der Waals surface area contributed by atoms with Crippen molar-refractivity contribution in [1.29, 1.82) is 0 Å². The molecule has 10 aromatic rings. The number of benzene rings is 10. The van der Waals surface area contributed by atoms with Crippen LogP contribution < -0.4 is 35.7 Å². The molecule has 0 aromatic heterocycles. The topological polar surface area (TPSA) is 24.9 Å². The van der Waals surface area contributed by atoms with E-state index in [4.69, 9.17) is 9.47 Å². The molecular weight excluding hydrogens is 1030 g/mol. The Hall–Kier alpha value is -8.19. The maximum Gasteiger partial charge on any atom is 0.249 e. The molecule has 10 aromatic carbocycles. The SMILES string of the molecule is CC(C)(C)c1ccc(-c2cc(C(C)(C)C)ccc2N2c3cc4c(cc3B3c5cc6c(cc5Sc5cc(-c7ccc8c(c7)C(C)(C)c7ccccc7N8c7ccccc7)cc2c53)C(C)(C)c2ccccc2O6)Oc2ccccc2C4(C)C)cc1. The molecule has 0 atom stereocenters. The number of anilines is 6. The number of ether oxygens (including phenoxy) is 2. The highest BCUT2D eigenvalue weighted by molar-refractivity contribution is 8.00. The van der Waals surface area contributed by atoms with Crippen LogP contribution in [0.25, 0.3) is 22.3 Å². The Bertz CT molecular complexity index is 4370. The first-order valence-electron chi connectivity index (χ1n) is 29.6. The van der Waals surface area contributed by atoms with Gasteiger partial charge in [0.1, 0.15) is 23.0 Å². The van der Waals surface area contributed by atoms with E-state index in [1.165, 1.54) is 110 Å². The van der Waals surface area contributed by atoms with Crippen molar-refractivity contribution in [3.63, 3.8) is 0 Å². The van der Waals surface area contributed by atoms with Crippen molar-refractivity contribution in [1.82, 2.24) is 0 Å². The van der Waals surface area contributed by atoms with Crippen LogP contribution in [0.1, 0.15) is 128 Å². The van der Waals surface area contributed by atoms with Crippen LogP contribution in [0.2, 0.25) is 0 Å². The van der Waals surface area contributed by atoms with Crippen molar-refractivity contribution < 1.29 is 9.47 Å². The van der Waals surface area contributed by atoms with Crippen LogP contribution in [-0.2, 0) is 27.1 Å². The molecule has 408 valence electrons. The minimum Gasteiger partial charge on any atom is -0.457 e. The van der Waals surface area contributed by atoms with Gasteiger partial charge in [-0.15, -0.1) is 0 Å². The van der Waals surface area contributed by atoms with Gasteiger partial charge >= 0.3 is 0 Å². The lowest BCUT2D eigenvalue weighted by molar-refractivity contribution is 0.417. The summed E-state index contributed by atoms with van der Waals surface area (Å²) in [7, 11) is 0. The summed E-state index contributed by atoms with van der Waals surface area (Å²) in [6.45, 7) is 28.0. The third-order valence-electron chi connectivity index (χ3n) is 19.1. The van der Waals surface area contributed by atoms with Gasteiger partial charge in [0.2, 0.25) is 6.71 Å². The molecule has 0 amide bonds. The van der Waals surface area contributed by atoms with Gasteiger partial charge < -0.3 is 19.3 Å². The van der Waals surface area contributed by atoms with Crippen LogP contribution in [0.4, 0.5) is 34.1 Å². The monoisotopic (exact) mass is 1100 g/mol. The molecule has 4 nitrogen and oxygen atoms in total. The van der Waals surface area contributed by atoms with Crippen LogP contribution in [0.5, 0.6) is 23.0 Å². The zero-order valence-corrected chi connectivity index (χ0v) is 50.6. The number of nitrogens with zero attached hydrogens (tertiary/aromatic N) is 2. The highest BCUT2D eigenvalue weighted by Crippen LogP contribution is 2.57. The second-order valence-electron chi connectivity index (χ2n) is 27.4. The molecule has 0 bridgehead atoms. The zero-order chi connectivity index (χ0) is 57.3. The number of fused-ring (bicyclic) bond motifs is 10. The molecule has 0 aliphatic carbocycles. The first kappa shape index (κ1) is 51.7. The van der Waals surface area contributed by atoms with Crippen LogP contribution in [0.3, 0.4) is 0 Å². The summed E-state index contributed by atoms with van der Waals surface area (Å²) in [6, 6.07) is 75.7. The van der Waals surface area contributed by atoms with Gasteiger partial charge in [0.05, 0.1) is 17.1 Å². The Morgan fingerprint density at radius 1 is 0.361 bits per heavy atom. The quantitative estimate of drug-likeness (QED) is 0.164. The first-order chi connectivity index (χ1) is 39.7. The highest BCUT2D eigenvalue weighted by atomic mass is 32.2. The lowest BCUT2D eigenvalue weighted by Crippen LogP contribution is -2.60. The largest absolute Gasteiger partial charge is 0.457 e. The van der Waals surface area contributed by atoms with Gasteiger partial charge in [0, 0.05) is 70.9 Å². The van der Waals surface area contributed by atoms with Gasteiger partial charge in [-0.1, -0.05) is 210 Å². The molecule has 0 spiro atoms. The van der Waals surface area contributed by atoms with Crippen LogP contribution >= 0.6 is 11.8 Å². The van der Waals surface area contributed by atoms with Gasteiger partial charge in [0.15, 0.2) is 0 Å². The first-order valence-corrected chi connectivity index (χ1v) is 30.4. The van der Waals surface area contributed by atoms with Gasteiger partial charge in [-0.25, -0.2) is 0 Å². The number of hydrogen-bond donors (Lipinski definition) is 0. The van der Waals surface area contributed by atoms with Gasteiger partial charge in [-0.2, -0.15) is 0 Å². The Balaban J connectivity index is 1.02. The molecule has 0 saturated carbocycles. The third-order valence-corrected chi connectivity index (χ3v) is 20.3. The predicted molar refractivity (Wildman–Crippen MR) is 349 cm³/mol. The predicted octanol–water partition coefficient (Wildman–Crippen LogP) is 19.4. The van der Waals surface area contributed by atoms with E-state index in [0.717, 1.165) is 40.1 Å². The fourth-order valence-electron chi connectivity index (χ4n) is 14.4. The fourth-order valence-corrected chi connectivity index (χ4v) is 15.6. The summed E-state index contributed by atoms with van der Waals surface area (Å²) in [5.74, 6) is 3.66. The fraction of sp³-hybridized carbons (Fsp3) is 0.221. The Labute approximate surface area is 495 Å². The smallest absolute Gasteiger partial charge is 0.249 e. The Morgan fingerprint density at radius 3 is 1.57 bits per heavy atom. The maximum atomic E-state index is 7.12. The molecule has 15 rings (SSSR count). The third kappa shape index (κ3) is 7.81. The number of para-hydroxylation sites is 4. The summed E-state index contributed by atoms with van der Waals surface area (Å²) < 4.78 is 14.1. The van der Waals surface area contributed by atoms with Gasteiger partial charge in [0.25, 0.3) is 0 Å². The van der Waals surface area contributed by atoms with E-state index in [9.17, 15) is 0 Å². The molecule has 5 aliphatic rings. The van der Waals surface area contributed by atoms with Crippen LogP contribution in [0, 0.1) is 0 Å². The van der Waals surface area contributed by atoms with E-state index in [1.54, 1.807) is 0 Å². The van der Waals surface area contributed by atoms with E-state index < -0.39 is 0 Å². The Morgan fingerprint density at radius 2 is 0.904 bits per heavy atom. The van der Waals surface area contributed by atoms with E-state index in [1.807, 2.05) is 11.8 Å². The van der Waals surface area contributed by atoms with Crippen molar-refractivity contribution in [3.05, 3.63) is 245 Å². The second kappa shape index (κ2) is 17.9. The van der Waals surface area contributed by atoms with Gasteiger partial charge in [-0.05, 0) is 152 Å². The Kier molecular flexibility index (Phi) is 11.2. The average Bonchev–Trinajstić information content (AvgIpc) is 1.26. The molecule has 0 saturated heterocycles. The highest BCUT2D eigenvalue weighted by Gasteiger charge is 2.47. The van der Waals surface area contributed by atoms with Crippen LogP contribution in [-0.4, -0.2) is 6.71 Å². The summed E-state index contributed by atoms with van der Waals surface area (Å²) in [5.41, 5.74) is 24.5. The van der Waals surface area contributed by atoms with Crippen molar-refractivity contribution >= 4 is 69.0 Å². The summed E-state index contributed by atoms with van der Waals surface area (Å²) >= 11 is 1.91. The van der Waals surface area contributed by atoms with E-state index in [0.29, 0.717) is 0 Å². The zero-order valence-electron chi connectivity index (χ0n) is 49.7. The lowest BCUT2D eigenvalue weighted by atomic mass is 9.34. The van der Waals surface area contributed by atoms with Crippen molar-refractivity contribution in [2.45, 2.75) is 120 Å². The molecule has 0 fully saturated rings. The average molecular weight is 1100 g/mol. The minimum absolute atomic E-state index is 0.00796. The second-order valence-corrected chi connectivity index (χ2v) is 28.5. The summed E-state index contributed by atoms with van der Waals surface area (Å²) in [5, 5.41) is 0. The summed E-state index contributed by atoms with van der Waals surface area (Å²) in [4.78, 5) is 7.60. The van der Waals surface area contributed by atoms with Gasteiger partial charge in [-0.3, -0.25) is 0 Å². The molecule has 0 unspecified atom stereocenters. The van der Waals surface area contributed by atoms with E-state index in [2.05, 4.69) is 293 Å². The molecule has 0 N–H and O–H groups in total. The normalized spacial score (nSPS) is 16.1. The van der Waals surface area contributed by atoms with Crippen molar-refractivity contribution in [3.8, 4) is 45.3 Å². The van der Waals surface area contributed by atoms with E-state index in [-0.39, 0.29) is 33.8 Å². The molecule has 6 heteroatoms. The maximum absolute atomic E-state index is 7.12. The number of hydrogen-bond acceptors (Lipinski definition) is 5. The number of rotatable bonds is 4.